The third-order valence-electron chi connectivity index (χ3n) is 6.96. The van der Waals surface area contributed by atoms with Gasteiger partial charge in [-0.05, 0) is 44.1 Å². The van der Waals surface area contributed by atoms with Gasteiger partial charge in [0, 0.05) is 34.3 Å². The summed E-state index contributed by atoms with van der Waals surface area (Å²) in [6, 6.07) is 4.91. The maximum Gasteiger partial charge on any atom is 0.261 e. The number of likely N-dealkylation sites (tertiary alicyclic amines) is 1. The SMILES string of the molecule is C[C@@H]1[C@@H]([Si](C)(C)F)[C@H](CC(=O)N2CCC[C@H]2CO)O[C@@]12C(=O)Nc1ccc(Cl)cc12. The Hall–Kier alpha value is -1.48. The van der Waals surface area contributed by atoms with Crippen molar-refractivity contribution in [3.05, 3.63) is 28.8 Å². The first-order valence-corrected chi connectivity index (χ1v) is 13.8. The Kier molecular flexibility index (Phi) is 5.49. The van der Waals surface area contributed by atoms with Crippen LogP contribution in [0.15, 0.2) is 18.2 Å². The van der Waals surface area contributed by atoms with Crippen molar-refractivity contribution in [2.75, 3.05) is 18.5 Å². The van der Waals surface area contributed by atoms with Crippen molar-refractivity contribution in [1.82, 2.24) is 4.90 Å². The van der Waals surface area contributed by atoms with Crippen LogP contribution in [0.2, 0.25) is 23.7 Å². The number of carbonyl (C=O) groups excluding carboxylic acids is 2. The third kappa shape index (κ3) is 3.28. The first-order valence-electron chi connectivity index (χ1n) is 10.5. The van der Waals surface area contributed by atoms with E-state index in [0.717, 1.165) is 12.8 Å². The quantitative estimate of drug-likeness (QED) is 0.539. The summed E-state index contributed by atoms with van der Waals surface area (Å²) < 4.78 is 21.9. The van der Waals surface area contributed by atoms with E-state index in [1.165, 1.54) is 0 Å². The van der Waals surface area contributed by atoms with Crippen molar-refractivity contribution in [3.8, 4) is 0 Å². The first kappa shape index (κ1) is 21.7. The minimum atomic E-state index is -3.30. The molecule has 2 amide bonds. The summed E-state index contributed by atoms with van der Waals surface area (Å²) >= 11 is 6.20. The maximum atomic E-state index is 15.5. The summed E-state index contributed by atoms with van der Waals surface area (Å²) in [6.45, 7) is 5.54. The number of nitrogens with one attached hydrogen (secondary N) is 1. The minimum Gasteiger partial charge on any atom is -0.394 e. The Labute approximate surface area is 181 Å². The molecule has 30 heavy (non-hydrogen) atoms. The zero-order valence-corrected chi connectivity index (χ0v) is 19.2. The highest BCUT2D eigenvalue weighted by molar-refractivity contribution is 6.72. The number of carbonyl (C=O) groups is 2. The number of ether oxygens (including phenoxy) is 1. The van der Waals surface area contributed by atoms with E-state index in [2.05, 4.69) is 5.32 Å². The van der Waals surface area contributed by atoms with Gasteiger partial charge in [-0.2, -0.15) is 0 Å². The molecule has 1 aromatic carbocycles. The molecule has 0 saturated carbocycles. The molecule has 0 aliphatic carbocycles. The van der Waals surface area contributed by atoms with Crippen molar-refractivity contribution in [3.63, 3.8) is 0 Å². The van der Waals surface area contributed by atoms with Crippen LogP contribution in [0.1, 0.15) is 31.7 Å². The molecule has 6 nitrogen and oxygen atoms in total. The molecule has 2 saturated heterocycles. The van der Waals surface area contributed by atoms with Crippen LogP contribution in [-0.4, -0.2) is 55.5 Å². The second kappa shape index (κ2) is 7.58. The number of halogens is 2. The number of benzene rings is 1. The third-order valence-corrected chi connectivity index (χ3v) is 9.65. The molecule has 4 rings (SSSR count). The fourth-order valence-electron chi connectivity index (χ4n) is 5.68. The number of anilines is 1. The molecule has 5 atom stereocenters. The van der Waals surface area contributed by atoms with Crippen LogP contribution in [0.25, 0.3) is 0 Å². The smallest absolute Gasteiger partial charge is 0.261 e. The lowest BCUT2D eigenvalue weighted by molar-refractivity contribution is -0.148. The average molecular weight is 455 g/mol. The molecule has 1 aromatic rings. The molecule has 0 radical (unpaired) electrons. The second-order valence-corrected chi connectivity index (χ2v) is 13.4. The molecule has 2 fully saturated rings. The van der Waals surface area contributed by atoms with Crippen molar-refractivity contribution in [1.29, 1.82) is 0 Å². The Morgan fingerprint density at radius 3 is 2.87 bits per heavy atom. The monoisotopic (exact) mass is 454 g/mol. The van der Waals surface area contributed by atoms with Crippen LogP contribution >= 0.6 is 11.6 Å². The van der Waals surface area contributed by atoms with Gasteiger partial charge in [0.2, 0.25) is 14.3 Å². The summed E-state index contributed by atoms with van der Waals surface area (Å²) in [6.07, 6.45) is 0.880. The summed E-state index contributed by atoms with van der Waals surface area (Å²) in [4.78, 5) is 27.8. The van der Waals surface area contributed by atoms with E-state index in [-0.39, 0.29) is 30.9 Å². The van der Waals surface area contributed by atoms with E-state index in [0.29, 0.717) is 22.8 Å². The molecule has 3 heterocycles. The van der Waals surface area contributed by atoms with Crippen LogP contribution in [0.3, 0.4) is 0 Å². The fourth-order valence-corrected chi connectivity index (χ4v) is 8.35. The number of nitrogens with zero attached hydrogens (tertiary/aromatic N) is 1. The van der Waals surface area contributed by atoms with Crippen LogP contribution in [0, 0.1) is 5.92 Å². The number of fused-ring (bicyclic) bond motifs is 2. The van der Waals surface area contributed by atoms with Crippen LogP contribution in [-0.2, 0) is 19.9 Å². The van der Waals surface area contributed by atoms with Gasteiger partial charge in [0.25, 0.3) is 5.91 Å². The Bertz CT molecular complexity index is 879. The van der Waals surface area contributed by atoms with Gasteiger partial charge in [-0.1, -0.05) is 18.5 Å². The Morgan fingerprint density at radius 2 is 2.20 bits per heavy atom. The summed E-state index contributed by atoms with van der Waals surface area (Å²) in [7, 11) is -3.30. The fraction of sp³-hybridized carbons (Fsp3) is 0.619. The molecule has 3 aliphatic rings. The normalized spacial score (nSPS) is 33.3. The van der Waals surface area contributed by atoms with E-state index in [1.807, 2.05) is 6.92 Å². The minimum absolute atomic E-state index is 0.00319. The predicted molar refractivity (Wildman–Crippen MR) is 115 cm³/mol. The molecular formula is C21H28ClFN2O4Si. The molecule has 3 aliphatic heterocycles. The summed E-state index contributed by atoms with van der Waals surface area (Å²) in [5, 5.41) is 12.9. The number of aliphatic hydroxyl groups is 1. The predicted octanol–water partition coefficient (Wildman–Crippen LogP) is 3.44. The summed E-state index contributed by atoms with van der Waals surface area (Å²) in [5.41, 5.74) is -0.666. The Balaban J connectivity index is 1.69. The maximum absolute atomic E-state index is 15.5. The second-order valence-electron chi connectivity index (χ2n) is 9.18. The van der Waals surface area contributed by atoms with E-state index >= 15 is 4.11 Å². The van der Waals surface area contributed by atoms with Crippen molar-refractivity contribution >= 4 is 37.5 Å². The zero-order chi connectivity index (χ0) is 21.8. The van der Waals surface area contributed by atoms with E-state index in [1.54, 1.807) is 36.2 Å². The topological polar surface area (TPSA) is 78.9 Å². The summed E-state index contributed by atoms with van der Waals surface area (Å²) in [5.74, 6) is -0.942. The highest BCUT2D eigenvalue weighted by Crippen LogP contribution is 2.59. The number of rotatable bonds is 4. The van der Waals surface area contributed by atoms with Gasteiger partial charge in [0.1, 0.15) is 0 Å². The van der Waals surface area contributed by atoms with Gasteiger partial charge in [-0.25, -0.2) is 0 Å². The van der Waals surface area contributed by atoms with E-state index in [4.69, 9.17) is 16.3 Å². The molecule has 2 N–H and O–H groups in total. The van der Waals surface area contributed by atoms with Gasteiger partial charge in [0.15, 0.2) is 5.60 Å². The molecule has 0 bridgehead atoms. The highest BCUT2D eigenvalue weighted by Gasteiger charge is 2.65. The molecule has 9 heteroatoms. The first-order chi connectivity index (χ1) is 14.1. The molecule has 1 spiro atoms. The number of hydrogen-bond donors (Lipinski definition) is 2. The van der Waals surface area contributed by atoms with Crippen LogP contribution in [0.4, 0.5) is 9.80 Å². The van der Waals surface area contributed by atoms with Crippen molar-refractivity contribution < 1.29 is 23.5 Å². The van der Waals surface area contributed by atoms with Crippen molar-refractivity contribution in [2.24, 2.45) is 5.92 Å². The van der Waals surface area contributed by atoms with Crippen LogP contribution < -0.4 is 5.32 Å². The number of aliphatic hydroxyl groups excluding tert-OH is 1. The van der Waals surface area contributed by atoms with Gasteiger partial charge >= 0.3 is 0 Å². The van der Waals surface area contributed by atoms with Crippen molar-refractivity contribution in [2.45, 2.75) is 62.6 Å². The molecule has 0 unspecified atom stereocenters. The van der Waals surface area contributed by atoms with Crippen LogP contribution in [0.5, 0.6) is 0 Å². The largest absolute Gasteiger partial charge is 0.394 e. The number of hydrogen-bond acceptors (Lipinski definition) is 4. The van der Waals surface area contributed by atoms with Gasteiger partial charge in [-0.3, -0.25) is 9.59 Å². The lowest BCUT2D eigenvalue weighted by Gasteiger charge is -2.31. The standard InChI is InChI=1S/C21H28ClFN2O4Si/c1-12-19(30(2,3)23)17(10-18(27)25-8-4-5-14(25)11-26)29-21(12)15-9-13(22)6-7-16(15)24-20(21)28/h6-7,9,12,14,17,19,26H,4-5,8,10-11H2,1-3H3,(H,24,28)/t12-,14+,17+,19-,21+/m1/s1. The average Bonchev–Trinajstić information content (AvgIpc) is 3.32. The van der Waals surface area contributed by atoms with E-state index < -0.39 is 31.6 Å². The Morgan fingerprint density at radius 1 is 1.47 bits per heavy atom. The molecule has 0 aromatic heterocycles. The van der Waals surface area contributed by atoms with Gasteiger partial charge in [0.05, 0.1) is 25.2 Å². The van der Waals surface area contributed by atoms with Gasteiger partial charge in [-0.15, -0.1) is 0 Å². The van der Waals surface area contributed by atoms with E-state index in [9.17, 15) is 14.7 Å². The lowest BCUT2D eigenvalue weighted by Crippen LogP contribution is -2.42. The lowest BCUT2D eigenvalue weighted by atomic mass is 9.82. The van der Waals surface area contributed by atoms with Gasteiger partial charge < -0.3 is 24.2 Å². The molecular weight excluding hydrogens is 427 g/mol. The number of amides is 2. The molecule has 164 valence electrons. The zero-order valence-electron chi connectivity index (χ0n) is 17.5. The highest BCUT2D eigenvalue weighted by atomic mass is 35.5.